The molecule has 8 nitrogen and oxygen atoms in total. The maximum atomic E-state index is 11.8. The third kappa shape index (κ3) is 5.71. The van der Waals surface area contributed by atoms with E-state index in [2.05, 4.69) is 15.5 Å². The zero-order valence-electron chi connectivity index (χ0n) is 17.0. The molecule has 0 atom stereocenters. The lowest BCUT2D eigenvalue weighted by Crippen LogP contribution is -2.34. The number of aromatic nitrogens is 2. The molecule has 0 aliphatic carbocycles. The Balaban J connectivity index is 0.00000320. The summed E-state index contributed by atoms with van der Waals surface area (Å²) in [4.78, 5) is 16.2. The van der Waals surface area contributed by atoms with Gasteiger partial charge in [-0.25, -0.2) is 0 Å². The molecular formula is C21H25ClN4O4. The minimum absolute atomic E-state index is 0. The average Bonchev–Trinajstić information content (AvgIpc) is 3.22. The quantitative estimate of drug-likeness (QED) is 0.562. The van der Waals surface area contributed by atoms with Crippen LogP contribution in [0.2, 0.25) is 0 Å². The maximum absolute atomic E-state index is 11.8. The number of ether oxygens (including phenoxy) is 2. The first kappa shape index (κ1) is 23.2. The van der Waals surface area contributed by atoms with Crippen LogP contribution >= 0.6 is 12.4 Å². The topological polar surface area (TPSA) is 112 Å². The molecule has 0 fully saturated rings. The van der Waals surface area contributed by atoms with Gasteiger partial charge in [0.25, 0.3) is 11.8 Å². The van der Waals surface area contributed by atoms with Crippen LogP contribution in [0.15, 0.2) is 47.0 Å². The van der Waals surface area contributed by atoms with Crippen molar-refractivity contribution in [3.8, 4) is 34.3 Å². The molecule has 3 rings (SSSR count). The zero-order chi connectivity index (χ0) is 20.8. The van der Waals surface area contributed by atoms with Gasteiger partial charge in [0.2, 0.25) is 5.82 Å². The fourth-order valence-corrected chi connectivity index (χ4v) is 2.67. The first-order chi connectivity index (χ1) is 14.0. The summed E-state index contributed by atoms with van der Waals surface area (Å²) in [5.41, 5.74) is 8.16. The minimum Gasteiger partial charge on any atom is -0.493 e. The largest absolute Gasteiger partial charge is 0.493 e. The fourth-order valence-electron chi connectivity index (χ4n) is 2.67. The van der Waals surface area contributed by atoms with E-state index in [4.69, 9.17) is 19.7 Å². The number of hydrogen-bond acceptors (Lipinski definition) is 7. The van der Waals surface area contributed by atoms with Gasteiger partial charge in [-0.05, 0) is 37.6 Å². The first-order valence-corrected chi connectivity index (χ1v) is 9.23. The molecule has 3 aromatic rings. The molecule has 0 unspecified atom stereocenters. The highest BCUT2D eigenvalue weighted by Crippen LogP contribution is 2.32. The monoisotopic (exact) mass is 432 g/mol. The Labute approximate surface area is 181 Å². The van der Waals surface area contributed by atoms with Crippen LogP contribution in [0.3, 0.4) is 0 Å². The molecule has 0 spiro atoms. The highest BCUT2D eigenvalue weighted by molar-refractivity contribution is 5.85. The van der Waals surface area contributed by atoms with Crippen molar-refractivity contribution in [1.29, 1.82) is 0 Å². The summed E-state index contributed by atoms with van der Waals surface area (Å²) < 4.78 is 16.3. The Kier molecular flexibility index (Phi) is 8.20. The van der Waals surface area contributed by atoms with Crippen LogP contribution in [0.4, 0.5) is 0 Å². The molecule has 2 aromatic carbocycles. The molecular weight excluding hydrogens is 408 g/mol. The number of carbonyl (C=O) groups excluding carboxylic acids is 1. The summed E-state index contributed by atoms with van der Waals surface area (Å²) in [7, 11) is 1.53. The van der Waals surface area contributed by atoms with Gasteiger partial charge in [-0.1, -0.05) is 29.4 Å². The van der Waals surface area contributed by atoms with Crippen molar-refractivity contribution in [2.45, 2.75) is 26.4 Å². The molecule has 0 saturated carbocycles. The molecule has 30 heavy (non-hydrogen) atoms. The number of hydrogen-bond donors (Lipinski definition) is 2. The summed E-state index contributed by atoms with van der Waals surface area (Å²) >= 11 is 0. The van der Waals surface area contributed by atoms with Gasteiger partial charge < -0.3 is 25.0 Å². The van der Waals surface area contributed by atoms with Crippen molar-refractivity contribution in [2.24, 2.45) is 5.73 Å². The molecule has 0 bridgehead atoms. The van der Waals surface area contributed by atoms with Crippen LogP contribution in [0.1, 0.15) is 19.4 Å². The SMILES string of the molecule is COc1cc(-c2nc(-c3ccc(CN)cc3)no2)ccc1OCC(=O)NC(C)C.Cl. The highest BCUT2D eigenvalue weighted by atomic mass is 35.5. The average molecular weight is 433 g/mol. The number of benzene rings is 2. The van der Waals surface area contributed by atoms with Gasteiger partial charge in [0.05, 0.1) is 7.11 Å². The number of carbonyl (C=O) groups is 1. The van der Waals surface area contributed by atoms with Crippen molar-refractivity contribution in [2.75, 3.05) is 13.7 Å². The van der Waals surface area contributed by atoms with Gasteiger partial charge >= 0.3 is 0 Å². The van der Waals surface area contributed by atoms with E-state index >= 15 is 0 Å². The lowest BCUT2D eigenvalue weighted by atomic mass is 10.1. The number of nitrogens with zero attached hydrogens (tertiary/aromatic N) is 2. The highest BCUT2D eigenvalue weighted by Gasteiger charge is 2.15. The second-order valence-electron chi connectivity index (χ2n) is 6.70. The normalized spacial score (nSPS) is 10.4. The van der Waals surface area contributed by atoms with Crippen molar-refractivity contribution >= 4 is 18.3 Å². The number of nitrogens with one attached hydrogen (secondary N) is 1. The summed E-state index contributed by atoms with van der Waals surface area (Å²) in [6, 6.07) is 12.9. The smallest absolute Gasteiger partial charge is 0.258 e. The third-order valence-electron chi connectivity index (χ3n) is 4.09. The predicted molar refractivity (Wildman–Crippen MR) is 116 cm³/mol. The van der Waals surface area contributed by atoms with E-state index in [0.29, 0.717) is 35.3 Å². The van der Waals surface area contributed by atoms with Crippen molar-refractivity contribution in [1.82, 2.24) is 15.5 Å². The molecule has 0 aliphatic heterocycles. The molecule has 1 amide bonds. The molecule has 1 aromatic heterocycles. The van der Waals surface area contributed by atoms with E-state index in [-0.39, 0.29) is 31.0 Å². The van der Waals surface area contributed by atoms with Crippen LogP contribution < -0.4 is 20.5 Å². The molecule has 9 heteroatoms. The minimum atomic E-state index is -0.201. The summed E-state index contributed by atoms with van der Waals surface area (Å²) in [5.74, 6) is 1.55. The fraction of sp³-hybridized carbons (Fsp3) is 0.286. The van der Waals surface area contributed by atoms with Gasteiger partial charge in [0.1, 0.15) is 0 Å². The molecule has 1 heterocycles. The second kappa shape index (κ2) is 10.6. The van der Waals surface area contributed by atoms with E-state index in [9.17, 15) is 4.79 Å². The van der Waals surface area contributed by atoms with Gasteiger partial charge in [-0.2, -0.15) is 4.98 Å². The lowest BCUT2D eigenvalue weighted by Gasteiger charge is -2.12. The Morgan fingerprint density at radius 2 is 1.83 bits per heavy atom. The molecule has 0 saturated heterocycles. The molecule has 160 valence electrons. The van der Waals surface area contributed by atoms with Crippen LogP contribution in [-0.4, -0.2) is 35.8 Å². The van der Waals surface area contributed by atoms with Crippen LogP contribution in [-0.2, 0) is 11.3 Å². The Bertz CT molecular complexity index is 973. The van der Waals surface area contributed by atoms with Crippen LogP contribution in [0.5, 0.6) is 11.5 Å². The van der Waals surface area contributed by atoms with Crippen LogP contribution in [0.25, 0.3) is 22.8 Å². The van der Waals surface area contributed by atoms with Gasteiger partial charge in [-0.3, -0.25) is 4.79 Å². The molecule has 0 aliphatic rings. The van der Waals surface area contributed by atoms with E-state index < -0.39 is 0 Å². The molecule has 0 radical (unpaired) electrons. The Hall–Kier alpha value is -3.10. The Morgan fingerprint density at radius 1 is 1.13 bits per heavy atom. The molecule has 3 N–H and O–H groups in total. The summed E-state index contributed by atoms with van der Waals surface area (Å²) in [6.45, 7) is 4.15. The third-order valence-corrected chi connectivity index (χ3v) is 4.09. The van der Waals surface area contributed by atoms with Gasteiger partial charge in [0.15, 0.2) is 18.1 Å². The van der Waals surface area contributed by atoms with Crippen molar-refractivity contribution < 1.29 is 18.8 Å². The van der Waals surface area contributed by atoms with Crippen LogP contribution in [0, 0.1) is 0 Å². The number of rotatable bonds is 8. The number of amides is 1. The first-order valence-electron chi connectivity index (χ1n) is 9.23. The van der Waals surface area contributed by atoms with E-state index in [1.165, 1.54) is 7.11 Å². The Morgan fingerprint density at radius 3 is 2.47 bits per heavy atom. The van der Waals surface area contributed by atoms with Gasteiger partial charge in [0, 0.05) is 23.7 Å². The number of methoxy groups -OCH3 is 1. The lowest BCUT2D eigenvalue weighted by molar-refractivity contribution is -0.123. The summed E-state index contributed by atoms with van der Waals surface area (Å²) in [6.07, 6.45) is 0. The maximum Gasteiger partial charge on any atom is 0.258 e. The zero-order valence-corrected chi connectivity index (χ0v) is 17.9. The van der Waals surface area contributed by atoms with Crippen molar-refractivity contribution in [3.05, 3.63) is 48.0 Å². The predicted octanol–water partition coefficient (Wildman–Crippen LogP) is 3.20. The van der Waals surface area contributed by atoms with E-state index in [1.807, 2.05) is 38.1 Å². The second-order valence-corrected chi connectivity index (χ2v) is 6.70. The van der Waals surface area contributed by atoms with E-state index in [0.717, 1.165) is 11.1 Å². The summed E-state index contributed by atoms with van der Waals surface area (Å²) in [5, 5.41) is 6.81. The number of nitrogens with two attached hydrogens (primary N) is 1. The standard InChI is InChI=1S/C21H24N4O4.ClH/c1-13(2)23-19(26)12-28-17-9-8-16(10-18(17)27-3)21-24-20(25-29-21)15-6-4-14(11-22)5-7-15;/h4-10,13H,11-12,22H2,1-3H3,(H,23,26);1H. The van der Waals surface area contributed by atoms with Crippen molar-refractivity contribution in [3.63, 3.8) is 0 Å². The number of halogens is 1. The van der Waals surface area contributed by atoms with Gasteiger partial charge in [-0.15, -0.1) is 12.4 Å². The van der Waals surface area contributed by atoms with E-state index in [1.54, 1.807) is 18.2 Å².